The Hall–Kier alpha value is -0.460. The van der Waals surface area contributed by atoms with E-state index in [1.165, 1.54) is 6.42 Å². The lowest BCUT2D eigenvalue weighted by Gasteiger charge is -2.61. The van der Waals surface area contributed by atoms with Gasteiger partial charge in [0.2, 0.25) is 0 Å². The minimum Gasteiger partial charge on any atom is -0.390 e. The quantitative estimate of drug-likeness (QED) is 0.491. The predicted octanol–water partition coefficient (Wildman–Crippen LogP) is 3.94. The number of rotatable bonds is 0. The molecular formula is C27H42O5. The lowest BCUT2D eigenvalue weighted by molar-refractivity contribution is -0.269. The van der Waals surface area contributed by atoms with E-state index in [9.17, 15) is 15.3 Å². The molecule has 2 saturated heterocycles. The maximum atomic E-state index is 11.6. The topological polar surface area (TPSA) is 79.2 Å². The van der Waals surface area contributed by atoms with Crippen molar-refractivity contribution in [1.29, 1.82) is 0 Å². The number of fused-ring (bicyclic) bond motifs is 6. The van der Waals surface area contributed by atoms with Crippen LogP contribution in [-0.2, 0) is 9.47 Å². The summed E-state index contributed by atoms with van der Waals surface area (Å²) in [6.07, 6.45) is 6.42. The zero-order valence-corrected chi connectivity index (χ0v) is 20.3. The van der Waals surface area contributed by atoms with Gasteiger partial charge in [0.15, 0.2) is 5.79 Å². The first-order chi connectivity index (χ1) is 15.0. The largest absolute Gasteiger partial charge is 0.390 e. The zero-order chi connectivity index (χ0) is 22.7. The van der Waals surface area contributed by atoms with Crippen molar-refractivity contribution in [2.45, 2.75) is 115 Å². The van der Waals surface area contributed by atoms with Gasteiger partial charge in [0.05, 0.1) is 30.5 Å². The molecule has 5 nitrogen and oxygen atoms in total. The molecule has 5 fully saturated rings. The zero-order valence-electron chi connectivity index (χ0n) is 20.3. The first kappa shape index (κ1) is 22.0. The highest BCUT2D eigenvalue weighted by atomic mass is 16.7. The Bertz CT molecular complexity index is 830. The summed E-state index contributed by atoms with van der Waals surface area (Å²) in [6, 6.07) is 0. The second-order valence-corrected chi connectivity index (χ2v) is 12.9. The van der Waals surface area contributed by atoms with Crippen LogP contribution in [-0.4, -0.2) is 51.6 Å². The molecule has 3 saturated carbocycles. The van der Waals surface area contributed by atoms with E-state index in [1.807, 2.05) is 0 Å². The molecule has 0 bridgehead atoms. The highest BCUT2D eigenvalue weighted by molar-refractivity contribution is 5.38. The molecule has 2 aliphatic heterocycles. The summed E-state index contributed by atoms with van der Waals surface area (Å²) >= 11 is 0. The first-order valence-electron chi connectivity index (χ1n) is 13.2. The highest BCUT2D eigenvalue weighted by Crippen LogP contribution is 2.69. The molecule has 11 atom stereocenters. The summed E-state index contributed by atoms with van der Waals surface area (Å²) in [5.74, 6) is 1.41. The molecule has 5 heteroatoms. The molecular weight excluding hydrogens is 404 g/mol. The van der Waals surface area contributed by atoms with Gasteiger partial charge in [-0.15, -0.1) is 0 Å². The third-order valence-corrected chi connectivity index (χ3v) is 11.4. The molecule has 4 aliphatic carbocycles. The van der Waals surface area contributed by atoms with Crippen LogP contribution >= 0.6 is 0 Å². The monoisotopic (exact) mass is 446 g/mol. The molecule has 180 valence electrons. The number of ether oxygens (including phenoxy) is 2. The van der Waals surface area contributed by atoms with Crippen molar-refractivity contribution in [2.75, 3.05) is 6.61 Å². The Morgan fingerprint density at radius 3 is 2.44 bits per heavy atom. The van der Waals surface area contributed by atoms with Gasteiger partial charge in [0.1, 0.15) is 0 Å². The average molecular weight is 447 g/mol. The third-order valence-electron chi connectivity index (χ3n) is 11.4. The molecule has 0 aromatic heterocycles. The van der Waals surface area contributed by atoms with E-state index >= 15 is 0 Å². The van der Waals surface area contributed by atoms with Crippen molar-refractivity contribution in [1.82, 2.24) is 0 Å². The van der Waals surface area contributed by atoms with Gasteiger partial charge in [-0.1, -0.05) is 38.8 Å². The summed E-state index contributed by atoms with van der Waals surface area (Å²) < 4.78 is 13.2. The van der Waals surface area contributed by atoms with Crippen LogP contribution in [0, 0.1) is 34.5 Å². The summed E-state index contributed by atoms with van der Waals surface area (Å²) in [5, 5.41) is 32.5. The Balaban J connectivity index is 1.34. The van der Waals surface area contributed by atoms with Crippen molar-refractivity contribution in [3.05, 3.63) is 11.1 Å². The maximum Gasteiger partial charge on any atom is 0.171 e. The average Bonchev–Trinajstić information content (AvgIpc) is 3.17. The molecule has 2 heterocycles. The van der Waals surface area contributed by atoms with Crippen molar-refractivity contribution in [3.8, 4) is 0 Å². The fourth-order valence-corrected chi connectivity index (χ4v) is 9.48. The molecule has 0 aromatic carbocycles. The van der Waals surface area contributed by atoms with E-state index in [0.717, 1.165) is 38.7 Å². The lowest BCUT2D eigenvalue weighted by Crippen LogP contribution is -2.63. The van der Waals surface area contributed by atoms with E-state index in [0.29, 0.717) is 42.9 Å². The van der Waals surface area contributed by atoms with Gasteiger partial charge in [-0.3, -0.25) is 0 Å². The number of aliphatic hydroxyl groups excluding tert-OH is 2. The van der Waals surface area contributed by atoms with Crippen molar-refractivity contribution < 1.29 is 24.8 Å². The Kier molecular flexibility index (Phi) is 4.69. The van der Waals surface area contributed by atoms with E-state index < -0.39 is 17.8 Å². The van der Waals surface area contributed by atoms with Crippen LogP contribution in [0.2, 0.25) is 0 Å². The van der Waals surface area contributed by atoms with Crippen LogP contribution in [0.5, 0.6) is 0 Å². The van der Waals surface area contributed by atoms with Crippen LogP contribution in [0.15, 0.2) is 11.1 Å². The summed E-state index contributed by atoms with van der Waals surface area (Å²) in [5.41, 5.74) is 2.03. The van der Waals surface area contributed by atoms with Crippen LogP contribution in [0.4, 0.5) is 0 Å². The van der Waals surface area contributed by atoms with Gasteiger partial charge in [0, 0.05) is 30.1 Å². The molecule has 0 aromatic rings. The van der Waals surface area contributed by atoms with E-state index in [-0.39, 0.29) is 22.7 Å². The van der Waals surface area contributed by atoms with Crippen molar-refractivity contribution in [2.24, 2.45) is 34.5 Å². The lowest BCUT2D eigenvalue weighted by atomic mass is 9.46. The molecule has 32 heavy (non-hydrogen) atoms. The molecule has 1 spiro atoms. The number of hydrogen-bond donors (Lipinski definition) is 3. The Morgan fingerprint density at radius 1 is 0.969 bits per heavy atom. The molecule has 11 unspecified atom stereocenters. The number of hydrogen-bond acceptors (Lipinski definition) is 5. The molecule has 6 rings (SSSR count). The normalized spacial score (nSPS) is 59.5. The van der Waals surface area contributed by atoms with Crippen LogP contribution in [0.25, 0.3) is 0 Å². The maximum absolute atomic E-state index is 11.6. The van der Waals surface area contributed by atoms with Gasteiger partial charge in [-0.05, 0) is 62.2 Å². The van der Waals surface area contributed by atoms with Gasteiger partial charge in [-0.2, -0.15) is 0 Å². The van der Waals surface area contributed by atoms with Crippen LogP contribution < -0.4 is 0 Å². The van der Waals surface area contributed by atoms with E-state index in [1.54, 1.807) is 11.1 Å². The summed E-state index contributed by atoms with van der Waals surface area (Å²) in [7, 11) is 0. The second-order valence-electron chi connectivity index (χ2n) is 12.9. The van der Waals surface area contributed by atoms with Gasteiger partial charge in [-0.25, -0.2) is 0 Å². The van der Waals surface area contributed by atoms with Crippen LogP contribution in [0.1, 0.15) is 85.5 Å². The second kappa shape index (κ2) is 6.81. The molecule has 0 radical (unpaired) electrons. The van der Waals surface area contributed by atoms with Crippen molar-refractivity contribution in [3.63, 3.8) is 0 Å². The number of aliphatic hydroxyl groups is 3. The predicted molar refractivity (Wildman–Crippen MR) is 121 cm³/mol. The number of allylic oxidation sites excluding steroid dienone is 1. The molecule has 3 N–H and O–H groups in total. The Morgan fingerprint density at radius 2 is 1.72 bits per heavy atom. The first-order valence-corrected chi connectivity index (χ1v) is 13.2. The SMILES string of the molecule is CC1CCC2(OC1)OC1CC3=C4CCC5(O)CC(O)C(O)CC5(C)C4CCC3(C)C1C2C. The smallest absolute Gasteiger partial charge is 0.171 e. The van der Waals surface area contributed by atoms with Gasteiger partial charge in [0.25, 0.3) is 0 Å². The Labute approximate surface area is 192 Å². The minimum absolute atomic E-state index is 0.143. The highest BCUT2D eigenvalue weighted by Gasteiger charge is 2.67. The molecule has 0 amide bonds. The van der Waals surface area contributed by atoms with E-state index in [4.69, 9.17) is 9.47 Å². The summed E-state index contributed by atoms with van der Waals surface area (Å²) in [4.78, 5) is 0. The minimum atomic E-state index is -0.886. The molecule has 6 aliphatic rings. The third kappa shape index (κ3) is 2.64. The fraction of sp³-hybridized carbons (Fsp3) is 0.926. The van der Waals surface area contributed by atoms with Crippen LogP contribution in [0.3, 0.4) is 0 Å². The van der Waals surface area contributed by atoms with Gasteiger partial charge >= 0.3 is 0 Å². The fourth-order valence-electron chi connectivity index (χ4n) is 9.48. The standard InChI is InChI=1S/C27H42O5/c1-15-5-10-27(31-14-15)16(2)23-22(32-27)11-19-17-6-9-26(30)13-21(29)20(28)12-25(26,4)18(17)7-8-24(19,23)3/h15-16,18,20-23,28-30H,5-14H2,1-4H3. The van der Waals surface area contributed by atoms with Crippen molar-refractivity contribution >= 4 is 0 Å². The van der Waals surface area contributed by atoms with Gasteiger partial charge < -0.3 is 24.8 Å². The van der Waals surface area contributed by atoms with E-state index in [2.05, 4.69) is 27.7 Å². The summed E-state index contributed by atoms with van der Waals surface area (Å²) in [6.45, 7) is 10.1.